The number of benzene rings is 2. The van der Waals surface area contributed by atoms with Gasteiger partial charge in [0.1, 0.15) is 5.82 Å². The van der Waals surface area contributed by atoms with Crippen LogP contribution in [-0.4, -0.2) is 24.9 Å². The maximum atomic E-state index is 13.3. The Labute approximate surface area is 136 Å². The first kappa shape index (κ1) is 17.5. The van der Waals surface area contributed by atoms with Gasteiger partial charge in [-0.2, -0.15) is 0 Å². The Morgan fingerprint density at radius 3 is 2.42 bits per heavy atom. The van der Waals surface area contributed by atoms with E-state index in [1.165, 1.54) is 36.1 Å². The van der Waals surface area contributed by atoms with E-state index in [0.29, 0.717) is 0 Å². The van der Waals surface area contributed by atoms with Crippen molar-refractivity contribution in [1.29, 1.82) is 0 Å². The van der Waals surface area contributed by atoms with Crippen molar-refractivity contribution >= 4 is 17.5 Å². The van der Waals surface area contributed by atoms with E-state index < -0.39 is 23.4 Å². The van der Waals surface area contributed by atoms with Crippen LogP contribution in [0.1, 0.15) is 17.3 Å². The number of anilines is 1. The fourth-order valence-electron chi connectivity index (χ4n) is 2.13. The number of amides is 2. The monoisotopic (exact) mass is 336 g/mol. The van der Waals surface area contributed by atoms with Crippen LogP contribution in [0.4, 0.5) is 18.9 Å². The van der Waals surface area contributed by atoms with Crippen LogP contribution in [0.25, 0.3) is 0 Å². The first-order valence-electron chi connectivity index (χ1n) is 7.15. The smallest absolute Gasteiger partial charge is 0.251 e. The molecule has 0 atom stereocenters. The number of nitrogens with zero attached hydrogens (tertiary/aromatic N) is 1. The van der Waals surface area contributed by atoms with Crippen LogP contribution < -0.4 is 10.2 Å². The topological polar surface area (TPSA) is 49.4 Å². The number of hydrogen-bond donors (Lipinski definition) is 1. The van der Waals surface area contributed by atoms with Gasteiger partial charge in [0.25, 0.3) is 5.91 Å². The summed E-state index contributed by atoms with van der Waals surface area (Å²) in [6.07, 6.45) is 0. The lowest BCUT2D eigenvalue weighted by molar-refractivity contribution is -0.116. The molecule has 0 aliphatic rings. The molecule has 1 N–H and O–H groups in total. The van der Waals surface area contributed by atoms with Gasteiger partial charge < -0.3 is 10.2 Å². The van der Waals surface area contributed by atoms with Crippen molar-refractivity contribution in [1.82, 2.24) is 5.32 Å². The quantitative estimate of drug-likeness (QED) is 0.913. The molecule has 0 saturated heterocycles. The highest BCUT2D eigenvalue weighted by molar-refractivity contribution is 5.94. The van der Waals surface area contributed by atoms with E-state index in [1.807, 2.05) is 0 Å². The SMILES string of the molecule is CC(=O)N(CCNC(=O)c1cccc(F)c1)c1ccc(F)c(F)c1. The average Bonchev–Trinajstić information content (AvgIpc) is 2.54. The zero-order valence-corrected chi connectivity index (χ0v) is 12.9. The van der Waals surface area contributed by atoms with Gasteiger partial charge in [-0.15, -0.1) is 0 Å². The first-order chi connectivity index (χ1) is 11.4. The van der Waals surface area contributed by atoms with Gasteiger partial charge in [0, 0.05) is 37.3 Å². The lowest BCUT2D eigenvalue weighted by Gasteiger charge is -2.21. The number of halogens is 3. The molecule has 0 aromatic heterocycles. The molecule has 0 aliphatic heterocycles. The van der Waals surface area contributed by atoms with E-state index >= 15 is 0 Å². The highest BCUT2D eigenvalue weighted by Gasteiger charge is 2.14. The molecule has 24 heavy (non-hydrogen) atoms. The maximum absolute atomic E-state index is 13.3. The second-order valence-electron chi connectivity index (χ2n) is 5.04. The van der Waals surface area contributed by atoms with E-state index in [9.17, 15) is 22.8 Å². The average molecular weight is 336 g/mol. The van der Waals surface area contributed by atoms with E-state index in [2.05, 4.69) is 5.32 Å². The van der Waals surface area contributed by atoms with Gasteiger partial charge in [-0.25, -0.2) is 13.2 Å². The minimum atomic E-state index is -1.07. The Balaban J connectivity index is 2.00. The van der Waals surface area contributed by atoms with Crippen molar-refractivity contribution < 1.29 is 22.8 Å². The first-order valence-corrected chi connectivity index (χ1v) is 7.15. The summed E-state index contributed by atoms with van der Waals surface area (Å²) in [5.74, 6) is -3.50. The van der Waals surface area contributed by atoms with Gasteiger partial charge >= 0.3 is 0 Å². The van der Waals surface area contributed by atoms with Gasteiger partial charge in [-0.1, -0.05) is 6.07 Å². The van der Waals surface area contributed by atoms with Gasteiger partial charge in [-0.3, -0.25) is 9.59 Å². The molecule has 0 saturated carbocycles. The molecule has 0 unspecified atom stereocenters. The number of hydrogen-bond acceptors (Lipinski definition) is 2. The lowest BCUT2D eigenvalue weighted by Crippen LogP contribution is -2.37. The Kier molecular flexibility index (Phi) is 5.57. The Morgan fingerprint density at radius 2 is 1.79 bits per heavy atom. The summed E-state index contributed by atoms with van der Waals surface area (Å²) in [6, 6.07) is 8.28. The molecular formula is C17H15F3N2O2. The molecule has 2 rings (SSSR count). The minimum Gasteiger partial charge on any atom is -0.350 e. The van der Waals surface area contributed by atoms with Crippen LogP contribution in [0.15, 0.2) is 42.5 Å². The zero-order valence-electron chi connectivity index (χ0n) is 12.9. The van der Waals surface area contributed by atoms with Gasteiger partial charge in [0.05, 0.1) is 0 Å². The van der Waals surface area contributed by atoms with Crippen LogP contribution in [0.2, 0.25) is 0 Å². The fraction of sp³-hybridized carbons (Fsp3) is 0.176. The summed E-state index contributed by atoms with van der Waals surface area (Å²) in [4.78, 5) is 24.8. The number of nitrogens with one attached hydrogen (secondary N) is 1. The Morgan fingerprint density at radius 1 is 1.04 bits per heavy atom. The van der Waals surface area contributed by atoms with Gasteiger partial charge in [0.2, 0.25) is 5.91 Å². The van der Waals surface area contributed by atoms with E-state index in [1.54, 1.807) is 0 Å². The fourth-order valence-corrected chi connectivity index (χ4v) is 2.13. The highest BCUT2D eigenvalue weighted by Crippen LogP contribution is 2.18. The van der Waals surface area contributed by atoms with Crippen LogP contribution in [0.5, 0.6) is 0 Å². The molecule has 0 heterocycles. The third kappa shape index (κ3) is 4.34. The lowest BCUT2D eigenvalue weighted by atomic mass is 10.2. The maximum Gasteiger partial charge on any atom is 0.251 e. The summed E-state index contributed by atoms with van der Waals surface area (Å²) >= 11 is 0. The molecule has 0 bridgehead atoms. The third-order valence-corrected chi connectivity index (χ3v) is 3.30. The van der Waals surface area contributed by atoms with Crippen molar-refractivity contribution in [3.05, 3.63) is 65.5 Å². The summed E-state index contributed by atoms with van der Waals surface area (Å²) in [6.45, 7) is 1.39. The third-order valence-electron chi connectivity index (χ3n) is 3.30. The molecule has 7 heteroatoms. The van der Waals surface area contributed by atoms with Crippen molar-refractivity contribution in [2.75, 3.05) is 18.0 Å². The summed E-state index contributed by atoms with van der Waals surface area (Å²) < 4.78 is 39.3. The molecule has 126 valence electrons. The molecule has 2 amide bonds. The predicted octanol–water partition coefficient (Wildman–Crippen LogP) is 2.89. The molecule has 4 nitrogen and oxygen atoms in total. The molecular weight excluding hydrogens is 321 g/mol. The van der Waals surface area contributed by atoms with E-state index in [4.69, 9.17) is 0 Å². The molecule has 0 radical (unpaired) electrons. The normalized spacial score (nSPS) is 10.3. The second kappa shape index (κ2) is 7.63. The number of carbonyl (C=O) groups excluding carboxylic acids is 2. The van der Waals surface area contributed by atoms with Crippen molar-refractivity contribution in [3.63, 3.8) is 0 Å². The standard InChI is InChI=1S/C17H15F3N2O2/c1-11(23)22(14-5-6-15(19)16(20)10-14)8-7-21-17(24)12-3-2-4-13(18)9-12/h2-6,9-10H,7-8H2,1H3,(H,21,24). The predicted molar refractivity (Wildman–Crippen MR) is 83.1 cm³/mol. The van der Waals surface area contributed by atoms with Crippen molar-refractivity contribution in [3.8, 4) is 0 Å². The zero-order chi connectivity index (χ0) is 17.7. The number of rotatable bonds is 5. The number of carbonyl (C=O) groups is 2. The van der Waals surface area contributed by atoms with Crippen molar-refractivity contribution in [2.45, 2.75) is 6.92 Å². The largest absolute Gasteiger partial charge is 0.350 e. The summed E-state index contributed by atoms with van der Waals surface area (Å²) in [5, 5.41) is 2.54. The van der Waals surface area contributed by atoms with Crippen LogP contribution >= 0.6 is 0 Å². The van der Waals surface area contributed by atoms with Crippen LogP contribution in [-0.2, 0) is 4.79 Å². The van der Waals surface area contributed by atoms with Crippen molar-refractivity contribution in [2.24, 2.45) is 0 Å². The second-order valence-corrected chi connectivity index (χ2v) is 5.04. The van der Waals surface area contributed by atoms with Gasteiger partial charge in [-0.05, 0) is 30.3 Å². The van der Waals surface area contributed by atoms with Crippen LogP contribution in [0, 0.1) is 17.5 Å². The van der Waals surface area contributed by atoms with Crippen LogP contribution in [0.3, 0.4) is 0 Å². The Hall–Kier alpha value is -2.83. The highest BCUT2D eigenvalue weighted by atomic mass is 19.2. The Bertz CT molecular complexity index is 765. The summed E-state index contributed by atoms with van der Waals surface area (Å²) in [7, 11) is 0. The van der Waals surface area contributed by atoms with E-state index in [-0.39, 0.29) is 30.2 Å². The molecule has 2 aromatic carbocycles. The van der Waals surface area contributed by atoms with Gasteiger partial charge in [0.15, 0.2) is 11.6 Å². The van der Waals surface area contributed by atoms with E-state index in [0.717, 1.165) is 18.2 Å². The summed E-state index contributed by atoms with van der Waals surface area (Å²) in [5.41, 5.74) is 0.332. The molecule has 2 aromatic rings. The molecule has 0 aliphatic carbocycles. The molecule has 0 fully saturated rings. The molecule has 0 spiro atoms. The minimum absolute atomic E-state index is 0.0570.